The van der Waals surface area contributed by atoms with Gasteiger partial charge in [0.25, 0.3) is 11.8 Å². The summed E-state index contributed by atoms with van der Waals surface area (Å²) in [5.41, 5.74) is 2.46. The molecule has 0 radical (unpaired) electrons. The molecule has 3 aromatic rings. The highest BCUT2D eigenvalue weighted by Gasteiger charge is 2.76. The molecule has 6 unspecified atom stereocenters. The number of nitrogens with zero attached hydrogens (tertiary/aromatic N) is 2. The predicted octanol–water partition coefficient (Wildman–Crippen LogP) is 6.51. The molecule has 3 fully saturated rings. The Morgan fingerprint density at radius 3 is 2.17 bits per heavy atom. The van der Waals surface area contributed by atoms with Gasteiger partial charge < -0.3 is 24.1 Å². The number of carbonyl (C=O) groups excluding carboxylic acids is 4. The normalized spacial score (nSPS) is 27.8. The van der Waals surface area contributed by atoms with Crippen molar-refractivity contribution in [2.24, 2.45) is 17.8 Å². The summed E-state index contributed by atoms with van der Waals surface area (Å²) < 4.78 is 21.8. The molecule has 7 rings (SSSR count). The SMILES string of the molecule is COc1ccc(OC)c(C=Cc2ccc(N3C(=O)C4CC=C5C(CC6(Cl)C(=O)N(CBr)C(=O)C6(Cl)C5c5c(O)cc(OC)cc5OC)C4C3=O)cc2)c1. The van der Waals surface area contributed by atoms with E-state index in [2.05, 4.69) is 15.9 Å². The quantitative estimate of drug-likeness (QED) is 0.0844. The Balaban J connectivity index is 1.26. The number of imide groups is 2. The molecule has 14 heteroatoms. The minimum atomic E-state index is -2.11. The van der Waals surface area contributed by atoms with Crippen molar-refractivity contribution in [2.75, 3.05) is 38.8 Å². The second-order valence-corrected chi connectivity index (χ2v) is 15.0. The number of hydrogen-bond donors (Lipinski definition) is 1. The van der Waals surface area contributed by atoms with E-state index >= 15 is 0 Å². The summed E-state index contributed by atoms with van der Waals surface area (Å²) in [6.07, 6.45) is 5.51. The Morgan fingerprint density at radius 2 is 1.53 bits per heavy atom. The summed E-state index contributed by atoms with van der Waals surface area (Å²) in [5.74, 6) is -4.56. The minimum Gasteiger partial charge on any atom is -0.507 e. The lowest BCUT2D eigenvalue weighted by Crippen LogP contribution is -2.60. The van der Waals surface area contributed by atoms with E-state index in [9.17, 15) is 24.3 Å². The Hall–Kier alpha value is -4.52. The first kappa shape index (κ1) is 36.8. The number of methoxy groups -OCH3 is 4. The van der Waals surface area contributed by atoms with E-state index in [1.807, 2.05) is 24.3 Å². The molecule has 6 atom stereocenters. The van der Waals surface area contributed by atoms with Gasteiger partial charge in [-0.25, -0.2) is 0 Å². The van der Waals surface area contributed by atoms with Crippen LogP contribution in [0.5, 0.6) is 28.7 Å². The third kappa shape index (κ3) is 5.43. The average Bonchev–Trinajstić information content (AvgIpc) is 3.50. The topological polar surface area (TPSA) is 132 Å². The second-order valence-electron chi connectivity index (χ2n) is 13.3. The summed E-state index contributed by atoms with van der Waals surface area (Å²) >= 11 is 17.9. The summed E-state index contributed by atoms with van der Waals surface area (Å²) in [7, 11) is 5.98. The van der Waals surface area contributed by atoms with E-state index in [1.54, 1.807) is 50.6 Å². The number of phenolic OH excluding ortho intramolecular Hbond substituents is 1. The zero-order valence-electron chi connectivity index (χ0n) is 29.1. The van der Waals surface area contributed by atoms with Gasteiger partial charge in [-0.2, -0.15) is 0 Å². The van der Waals surface area contributed by atoms with Crippen molar-refractivity contribution in [3.8, 4) is 28.7 Å². The van der Waals surface area contributed by atoms with Crippen molar-refractivity contribution >= 4 is 80.6 Å². The molecule has 2 aliphatic carbocycles. The fraction of sp³-hybridized carbons (Fsp3) is 0.333. The number of anilines is 1. The molecule has 0 spiro atoms. The van der Waals surface area contributed by atoms with Crippen molar-refractivity contribution in [3.05, 3.63) is 82.9 Å². The molecule has 1 N–H and O–H groups in total. The highest BCUT2D eigenvalue weighted by Crippen LogP contribution is 2.67. The number of rotatable bonds is 9. The van der Waals surface area contributed by atoms with E-state index in [0.29, 0.717) is 22.8 Å². The van der Waals surface area contributed by atoms with Crippen molar-refractivity contribution in [2.45, 2.75) is 28.5 Å². The third-order valence-corrected chi connectivity index (χ3v) is 12.8. The maximum Gasteiger partial charge on any atom is 0.254 e. The monoisotopic (exact) mass is 824 g/mol. The maximum absolute atomic E-state index is 14.5. The number of allylic oxidation sites excluding steroid dienone is 2. The first-order valence-corrected chi connectivity index (χ1v) is 18.6. The molecule has 2 saturated heterocycles. The Kier molecular flexibility index (Phi) is 9.53. The van der Waals surface area contributed by atoms with Gasteiger partial charge in [0.2, 0.25) is 11.8 Å². The molecule has 276 valence electrons. The molecular formula is C39H35BrCl2N2O9. The van der Waals surface area contributed by atoms with Crippen LogP contribution in [0.4, 0.5) is 5.69 Å². The predicted molar refractivity (Wildman–Crippen MR) is 202 cm³/mol. The van der Waals surface area contributed by atoms with Gasteiger partial charge in [0.1, 0.15) is 28.7 Å². The average molecular weight is 827 g/mol. The van der Waals surface area contributed by atoms with Gasteiger partial charge >= 0.3 is 0 Å². The molecule has 0 aromatic heterocycles. The zero-order chi connectivity index (χ0) is 38.0. The van der Waals surface area contributed by atoms with Crippen LogP contribution in [-0.2, 0) is 19.2 Å². The summed E-state index contributed by atoms with van der Waals surface area (Å²) in [5, 5.41) is 11.5. The largest absolute Gasteiger partial charge is 0.507 e. The number of alkyl halides is 3. The molecule has 2 aliphatic heterocycles. The maximum atomic E-state index is 14.5. The van der Waals surface area contributed by atoms with Gasteiger partial charge in [0.05, 0.1) is 51.4 Å². The number of aromatic hydroxyl groups is 1. The van der Waals surface area contributed by atoms with Crippen LogP contribution in [0.3, 0.4) is 0 Å². The fourth-order valence-electron chi connectivity index (χ4n) is 8.38. The number of ether oxygens (including phenoxy) is 4. The van der Waals surface area contributed by atoms with Gasteiger partial charge in [0, 0.05) is 29.2 Å². The molecule has 4 aliphatic rings. The van der Waals surface area contributed by atoms with Gasteiger partial charge in [0.15, 0.2) is 9.75 Å². The van der Waals surface area contributed by atoms with Crippen LogP contribution in [-0.4, -0.2) is 77.3 Å². The molecule has 53 heavy (non-hydrogen) atoms. The van der Waals surface area contributed by atoms with E-state index in [1.165, 1.54) is 31.3 Å². The Labute approximate surface area is 324 Å². The first-order valence-electron chi connectivity index (χ1n) is 16.7. The van der Waals surface area contributed by atoms with E-state index < -0.39 is 51.1 Å². The number of carbonyl (C=O) groups is 4. The highest BCUT2D eigenvalue weighted by molar-refractivity contribution is 9.09. The van der Waals surface area contributed by atoms with Crippen LogP contribution >= 0.6 is 39.1 Å². The standard InChI is InChI=1S/C39H35BrCl2N2O9/c1-50-23-11-14-29(52-3)21(15-23)8-5-20-6-9-22(10-7-20)44-34(46)26-13-12-25-27(31(26)35(44)47)18-38(41)36(48)43(19-40)37(49)39(38,42)33(25)32-28(45)16-24(51-2)17-30(32)53-4/h5-12,14-17,26-27,31,33,45H,13,18-19H2,1-4H3. The Morgan fingerprint density at radius 1 is 0.830 bits per heavy atom. The van der Waals surface area contributed by atoms with Crippen molar-refractivity contribution < 1.29 is 43.2 Å². The first-order chi connectivity index (χ1) is 25.4. The van der Waals surface area contributed by atoms with Gasteiger partial charge in [-0.05, 0) is 54.7 Å². The van der Waals surface area contributed by atoms with Crippen LogP contribution in [0.25, 0.3) is 12.2 Å². The number of hydrogen-bond acceptors (Lipinski definition) is 9. The number of likely N-dealkylation sites (tertiary alicyclic amines) is 1. The fourth-order valence-corrected chi connectivity index (χ4v) is 9.79. The van der Waals surface area contributed by atoms with Crippen LogP contribution < -0.4 is 23.8 Å². The summed E-state index contributed by atoms with van der Waals surface area (Å²) in [4.78, 5) is 54.7. The van der Waals surface area contributed by atoms with Crippen LogP contribution in [0.2, 0.25) is 0 Å². The molecule has 0 bridgehead atoms. The van der Waals surface area contributed by atoms with Crippen LogP contribution in [0.1, 0.15) is 35.4 Å². The molecule has 4 amide bonds. The van der Waals surface area contributed by atoms with E-state index in [4.69, 9.17) is 42.1 Å². The van der Waals surface area contributed by atoms with Crippen LogP contribution in [0.15, 0.2) is 66.2 Å². The Bertz CT molecular complexity index is 2110. The second kappa shape index (κ2) is 13.7. The van der Waals surface area contributed by atoms with Crippen molar-refractivity contribution in [1.82, 2.24) is 4.90 Å². The third-order valence-electron chi connectivity index (χ3n) is 10.9. The van der Waals surface area contributed by atoms with Crippen molar-refractivity contribution in [1.29, 1.82) is 0 Å². The van der Waals surface area contributed by atoms with Crippen LogP contribution in [0, 0.1) is 17.8 Å². The van der Waals surface area contributed by atoms with Gasteiger partial charge in [-0.1, -0.05) is 51.9 Å². The molecule has 11 nitrogen and oxygen atoms in total. The molecular weight excluding hydrogens is 791 g/mol. The number of phenols is 1. The lowest BCUT2D eigenvalue weighted by Gasteiger charge is -2.51. The lowest BCUT2D eigenvalue weighted by atomic mass is 9.56. The van der Waals surface area contributed by atoms with E-state index in [0.717, 1.165) is 16.0 Å². The number of amides is 4. The molecule has 2 heterocycles. The smallest absolute Gasteiger partial charge is 0.254 e. The molecule has 1 saturated carbocycles. The lowest BCUT2D eigenvalue weighted by molar-refractivity contribution is -0.138. The zero-order valence-corrected chi connectivity index (χ0v) is 32.2. The summed E-state index contributed by atoms with van der Waals surface area (Å²) in [6.45, 7) is 0. The highest BCUT2D eigenvalue weighted by atomic mass is 79.9. The van der Waals surface area contributed by atoms with Gasteiger partial charge in [-0.15, -0.1) is 23.2 Å². The van der Waals surface area contributed by atoms with Crippen molar-refractivity contribution in [3.63, 3.8) is 0 Å². The summed E-state index contributed by atoms with van der Waals surface area (Å²) in [6, 6.07) is 15.4. The number of benzene rings is 3. The van der Waals surface area contributed by atoms with E-state index in [-0.39, 0.29) is 47.0 Å². The van der Waals surface area contributed by atoms with Gasteiger partial charge in [-0.3, -0.25) is 29.0 Å². The molecule has 3 aromatic carbocycles. The minimum absolute atomic E-state index is 0.115. The number of halogens is 3. The number of fused-ring (bicyclic) bond motifs is 4.